The average molecular weight is 616 g/mol. The molecule has 2 bridgehead atoms. The minimum atomic E-state index is -0.682. The number of carbonyl (C=O) groups excluding carboxylic acids is 3. The van der Waals surface area contributed by atoms with E-state index in [-0.39, 0.29) is 24.3 Å². The highest BCUT2D eigenvalue weighted by Gasteiger charge is 2.77. The molecule has 232 valence electrons. The van der Waals surface area contributed by atoms with Crippen molar-refractivity contribution in [3.8, 4) is 5.75 Å². The molecule has 3 aliphatic rings. The summed E-state index contributed by atoms with van der Waals surface area (Å²) < 4.78 is 4.40. The Bertz CT molecular complexity index is 1550. The quantitative estimate of drug-likeness (QED) is 0.221. The van der Waals surface area contributed by atoms with Crippen molar-refractivity contribution in [1.82, 2.24) is 4.90 Å². The Kier molecular flexibility index (Phi) is 8.61. The molecular formula is C35H41N3O5S. The Hall–Kier alpha value is -3.56. The van der Waals surface area contributed by atoms with Gasteiger partial charge in [0.15, 0.2) is 0 Å². The van der Waals surface area contributed by atoms with Crippen LogP contribution in [0.5, 0.6) is 5.75 Å². The molecular weight excluding hydrogens is 574 g/mol. The van der Waals surface area contributed by atoms with Crippen LogP contribution in [0.4, 0.5) is 11.4 Å². The summed E-state index contributed by atoms with van der Waals surface area (Å²) in [5.41, 5.74) is 1.35. The zero-order valence-electron chi connectivity index (χ0n) is 25.4. The van der Waals surface area contributed by atoms with Crippen LogP contribution in [0, 0.1) is 11.8 Å². The lowest BCUT2D eigenvalue weighted by Crippen LogP contribution is -2.51. The molecule has 6 rings (SSSR count). The van der Waals surface area contributed by atoms with Crippen molar-refractivity contribution < 1.29 is 24.2 Å². The molecule has 3 heterocycles. The van der Waals surface area contributed by atoms with E-state index in [9.17, 15) is 19.5 Å². The van der Waals surface area contributed by atoms with Crippen LogP contribution in [0.3, 0.4) is 0 Å². The van der Waals surface area contributed by atoms with E-state index in [1.54, 1.807) is 16.7 Å². The highest BCUT2D eigenvalue weighted by atomic mass is 32.2. The van der Waals surface area contributed by atoms with Gasteiger partial charge >= 0.3 is 0 Å². The Labute approximate surface area is 262 Å². The number of thioether (sulfide) groups is 1. The summed E-state index contributed by atoms with van der Waals surface area (Å²) >= 11 is 1.68. The lowest BCUT2D eigenvalue weighted by Gasteiger charge is -2.34. The topological polar surface area (TPSA) is 108 Å². The first-order valence-corrected chi connectivity index (χ1v) is 16.6. The fraction of sp³-hybridized carbons (Fsp3) is 0.457. The van der Waals surface area contributed by atoms with Crippen LogP contribution in [0.25, 0.3) is 10.8 Å². The Balaban J connectivity index is 1.28. The van der Waals surface area contributed by atoms with E-state index in [0.29, 0.717) is 37.4 Å². The lowest BCUT2D eigenvalue weighted by molar-refractivity contribution is -0.139. The third-order valence-corrected chi connectivity index (χ3v) is 11.6. The van der Waals surface area contributed by atoms with Crippen LogP contribution in [0.15, 0.2) is 66.7 Å². The number of amides is 3. The van der Waals surface area contributed by atoms with Gasteiger partial charge in [0, 0.05) is 29.3 Å². The third kappa shape index (κ3) is 5.45. The summed E-state index contributed by atoms with van der Waals surface area (Å²) in [4.78, 5) is 44.4. The van der Waals surface area contributed by atoms with Crippen molar-refractivity contribution in [2.24, 2.45) is 11.8 Å². The minimum Gasteiger partial charge on any atom is -0.494 e. The number of hydrogen-bond acceptors (Lipinski definition) is 6. The van der Waals surface area contributed by atoms with Crippen LogP contribution >= 0.6 is 11.8 Å². The van der Waals surface area contributed by atoms with E-state index >= 15 is 0 Å². The van der Waals surface area contributed by atoms with Crippen LogP contribution in [0.1, 0.15) is 52.4 Å². The van der Waals surface area contributed by atoms with E-state index in [4.69, 9.17) is 4.74 Å². The monoisotopic (exact) mass is 615 g/mol. The first kappa shape index (κ1) is 30.5. The van der Waals surface area contributed by atoms with E-state index in [1.165, 1.54) is 0 Å². The Morgan fingerprint density at radius 1 is 0.932 bits per heavy atom. The number of nitrogens with one attached hydrogen (secondary N) is 2. The van der Waals surface area contributed by atoms with E-state index < -0.39 is 27.4 Å². The number of likely N-dealkylation sites (tertiary alicyclic amines) is 1. The molecule has 8 nitrogen and oxygen atoms in total. The van der Waals surface area contributed by atoms with Crippen molar-refractivity contribution >= 4 is 51.6 Å². The van der Waals surface area contributed by atoms with E-state index in [2.05, 4.69) is 17.6 Å². The number of rotatable bonds is 12. The molecule has 3 aliphatic heterocycles. The minimum absolute atomic E-state index is 0.103. The summed E-state index contributed by atoms with van der Waals surface area (Å²) in [7, 11) is 0. The van der Waals surface area contributed by atoms with Crippen LogP contribution in [-0.4, -0.2) is 63.0 Å². The summed E-state index contributed by atoms with van der Waals surface area (Å²) in [6.07, 6.45) is 4.63. The van der Waals surface area contributed by atoms with Gasteiger partial charge in [0.25, 0.3) is 0 Å². The second kappa shape index (κ2) is 12.4. The highest BCUT2D eigenvalue weighted by Crippen LogP contribution is 2.71. The number of carbonyl (C=O) groups is 3. The van der Waals surface area contributed by atoms with Crippen molar-refractivity contribution in [2.45, 2.75) is 67.9 Å². The molecule has 3 amide bonds. The average Bonchev–Trinajstić information content (AvgIpc) is 3.58. The molecule has 3 aromatic carbocycles. The zero-order chi connectivity index (χ0) is 30.9. The summed E-state index contributed by atoms with van der Waals surface area (Å²) in [5, 5.41) is 17.5. The molecule has 2 unspecified atom stereocenters. The van der Waals surface area contributed by atoms with Crippen LogP contribution in [-0.2, 0) is 14.4 Å². The standard InChI is InChI=1S/C35H41N3O5S/c1-3-43-27-16-14-25(15-17-27)36-31(40)28-29-33(42)38(20-8-4-5-9-21-39)30(35(29)19-18-34(28,2)44-35)32(41)37-26-13-12-23-10-6-7-11-24(23)22-26/h6-7,10-17,22,28-30,39H,3-5,8-9,18-21H2,1-2H3,(H,36,40)(H,37,41)/t28-,29+,30?,34+,35?/m1/s1. The van der Waals surface area contributed by atoms with Gasteiger partial charge in [-0.3, -0.25) is 14.4 Å². The van der Waals surface area contributed by atoms with Crippen molar-refractivity contribution in [3.05, 3.63) is 66.7 Å². The molecule has 0 radical (unpaired) electrons. The first-order valence-electron chi connectivity index (χ1n) is 15.7. The van der Waals surface area contributed by atoms with Gasteiger partial charge in [0.1, 0.15) is 11.8 Å². The number of aliphatic hydroxyl groups excluding tert-OH is 1. The van der Waals surface area contributed by atoms with Gasteiger partial charge in [-0.2, -0.15) is 0 Å². The molecule has 0 saturated carbocycles. The number of hydrogen-bond donors (Lipinski definition) is 3. The van der Waals surface area contributed by atoms with Crippen molar-refractivity contribution in [2.75, 3.05) is 30.4 Å². The predicted octanol–water partition coefficient (Wildman–Crippen LogP) is 5.85. The SMILES string of the molecule is CCOc1ccc(NC(=O)[C@H]2[C@H]3C(=O)N(CCCCCCO)C(C(=O)Nc4ccc5ccccc5c4)C34CC[C@]2(C)S4)cc1. The molecule has 3 aromatic rings. The second-order valence-electron chi connectivity index (χ2n) is 12.4. The zero-order valence-corrected chi connectivity index (χ0v) is 26.2. The van der Waals surface area contributed by atoms with Crippen molar-refractivity contribution in [3.63, 3.8) is 0 Å². The second-order valence-corrected chi connectivity index (χ2v) is 14.3. The van der Waals surface area contributed by atoms with Crippen LogP contribution in [0.2, 0.25) is 0 Å². The maximum absolute atomic E-state index is 14.4. The first-order chi connectivity index (χ1) is 21.3. The summed E-state index contributed by atoms with van der Waals surface area (Å²) in [6.45, 7) is 5.15. The van der Waals surface area contributed by atoms with Gasteiger partial charge in [-0.05, 0) is 86.7 Å². The fourth-order valence-corrected chi connectivity index (χ4v) is 9.97. The summed E-state index contributed by atoms with van der Waals surface area (Å²) in [5.74, 6) is -0.894. The number of unbranched alkanes of at least 4 members (excludes halogenated alkanes) is 3. The van der Waals surface area contributed by atoms with Gasteiger partial charge in [0.05, 0.1) is 23.2 Å². The molecule has 44 heavy (non-hydrogen) atoms. The highest BCUT2D eigenvalue weighted by molar-refractivity contribution is 8.02. The summed E-state index contributed by atoms with van der Waals surface area (Å²) in [6, 6.07) is 20.5. The molecule has 5 atom stereocenters. The van der Waals surface area contributed by atoms with Gasteiger partial charge in [0.2, 0.25) is 17.7 Å². The molecule has 0 aromatic heterocycles. The van der Waals surface area contributed by atoms with Gasteiger partial charge in [-0.1, -0.05) is 43.2 Å². The molecule has 3 N–H and O–H groups in total. The molecule has 0 aliphatic carbocycles. The number of anilines is 2. The Morgan fingerprint density at radius 2 is 1.64 bits per heavy atom. The van der Waals surface area contributed by atoms with Gasteiger partial charge in [-0.25, -0.2) is 0 Å². The van der Waals surface area contributed by atoms with Gasteiger partial charge in [-0.15, -0.1) is 11.8 Å². The van der Waals surface area contributed by atoms with Gasteiger partial charge < -0.3 is 25.4 Å². The number of benzene rings is 3. The smallest absolute Gasteiger partial charge is 0.248 e. The normalized spacial score (nSPS) is 27.0. The van der Waals surface area contributed by atoms with E-state index in [0.717, 1.165) is 42.2 Å². The lowest BCUT2D eigenvalue weighted by atomic mass is 9.66. The maximum atomic E-state index is 14.4. The molecule has 3 fully saturated rings. The number of nitrogens with zero attached hydrogens (tertiary/aromatic N) is 1. The largest absolute Gasteiger partial charge is 0.494 e. The van der Waals surface area contributed by atoms with Crippen molar-refractivity contribution in [1.29, 1.82) is 0 Å². The Morgan fingerprint density at radius 3 is 2.39 bits per heavy atom. The number of fused-ring (bicyclic) bond motifs is 2. The number of ether oxygens (including phenoxy) is 1. The molecule has 9 heteroatoms. The predicted molar refractivity (Wildman–Crippen MR) is 175 cm³/mol. The van der Waals surface area contributed by atoms with Crippen LogP contribution < -0.4 is 15.4 Å². The maximum Gasteiger partial charge on any atom is 0.248 e. The molecule has 3 saturated heterocycles. The molecule has 1 spiro atoms. The fourth-order valence-electron chi connectivity index (χ4n) is 7.61. The third-order valence-electron chi connectivity index (χ3n) is 9.56. The van der Waals surface area contributed by atoms with E-state index in [1.807, 2.05) is 73.7 Å². The number of aliphatic hydroxyl groups is 1.